The van der Waals surface area contributed by atoms with Gasteiger partial charge in [0.05, 0.1) is 20.5 Å². The molecular formula is C36H42Br2N2O4. The Morgan fingerprint density at radius 3 is 1.25 bits per heavy atom. The molecule has 0 aliphatic heterocycles. The van der Waals surface area contributed by atoms with Crippen LogP contribution in [-0.2, 0) is 19.2 Å². The highest BCUT2D eigenvalue weighted by atomic mass is 79.9. The van der Waals surface area contributed by atoms with Gasteiger partial charge in [-0.25, -0.2) is 0 Å². The van der Waals surface area contributed by atoms with Crippen molar-refractivity contribution < 1.29 is 19.2 Å². The Balaban J connectivity index is 1.21. The van der Waals surface area contributed by atoms with Crippen LogP contribution in [0.4, 0.5) is 11.4 Å². The molecule has 0 saturated heterocycles. The summed E-state index contributed by atoms with van der Waals surface area (Å²) < 4.78 is 0. The second-order valence-corrected chi connectivity index (χ2v) is 17.1. The van der Waals surface area contributed by atoms with Gasteiger partial charge in [-0.15, -0.1) is 0 Å². The summed E-state index contributed by atoms with van der Waals surface area (Å²) in [6.07, 6.45) is 2.78. The Labute approximate surface area is 277 Å². The van der Waals surface area contributed by atoms with Gasteiger partial charge in [0.1, 0.15) is 0 Å². The predicted octanol–water partition coefficient (Wildman–Crippen LogP) is 8.17. The highest BCUT2D eigenvalue weighted by Crippen LogP contribution is 2.73. The molecule has 2 aromatic rings. The maximum atomic E-state index is 13.9. The first-order chi connectivity index (χ1) is 20.3. The van der Waals surface area contributed by atoms with E-state index in [9.17, 15) is 19.2 Å². The summed E-state index contributed by atoms with van der Waals surface area (Å²) in [4.78, 5) is 53.1. The average molecular weight is 727 g/mol. The number of carbonyl (C=O) groups is 4. The molecule has 0 radical (unpaired) electrons. The van der Waals surface area contributed by atoms with Crippen LogP contribution in [0.3, 0.4) is 0 Å². The first kappa shape index (κ1) is 31.7. The van der Waals surface area contributed by atoms with E-state index in [1.54, 1.807) is 0 Å². The van der Waals surface area contributed by atoms with E-state index in [1.807, 2.05) is 52.0 Å². The Morgan fingerprint density at radius 2 is 0.977 bits per heavy atom. The Hall–Kier alpha value is -2.32. The van der Waals surface area contributed by atoms with E-state index < -0.39 is 42.1 Å². The quantitative estimate of drug-likeness (QED) is 0.305. The highest BCUT2D eigenvalue weighted by molar-refractivity contribution is 9.10. The van der Waals surface area contributed by atoms with Crippen molar-refractivity contribution in [2.45, 2.75) is 90.7 Å². The molecule has 234 valence electrons. The van der Waals surface area contributed by atoms with Crippen LogP contribution >= 0.6 is 31.9 Å². The van der Waals surface area contributed by atoms with Gasteiger partial charge >= 0.3 is 0 Å². The molecule has 4 aliphatic rings. The molecule has 4 saturated carbocycles. The molecule has 2 amide bonds. The zero-order chi connectivity index (χ0) is 32.4. The lowest BCUT2D eigenvalue weighted by Crippen LogP contribution is -2.48. The van der Waals surface area contributed by atoms with E-state index in [0.717, 1.165) is 46.5 Å². The number of fused-ring (bicyclic) bond motifs is 4. The number of carbonyl (C=O) groups excluding carboxylic acids is 4. The van der Waals surface area contributed by atoms with Gasteiger partial charge in [0.2, 0.25) is 11.8 Å². The SMILES string of the molecule is Cc1cc(-c2ccc(NC(=O)C34CCC(C)(C(=O)C3Br)C4(C)C)c(C)c2)ccc1NC(=O)C12CCC(C)(C(=O)C1Br)C2(C)C. The van der Waals surface area contributed by atoms with E-state index >= 15 is 0 Å². The number of hydrogen-bond donors (Lipinski definition) is 2. The summed E-state index contributed by atoms with van der Waals surface area (Å²) in [6, 6.07) is 11.9. The van der Waals surface area contributed by atoms with Crippen LogP contribution in [0.15, 0.2) is 36.4 Å². The standard InChI is InChI=1S/C36H42Br2N2O4/c1-19-17-21(9-11-23(19)39-29(43)35-15-13-33(7,31(35,3)4)27(41)25(35)37)22-10-12-24(20(2)18-22)40-30(44)36-16-14-34(8,32(36,5)6)28(42)26(36)38/h9-12,17-18,25-26H,13-16H2,1-8H3,(H,39,43)(H,40,44). The van der Waals surface area contributed by atoms with Gasteiger partial charge in [-0.05, 0) is 96.9 Å². The lowest BCUT2D eigenvalue weighted by atomic mass is 9.64. The summed E-state index contributed by atoms with van der Waals surface area (Å²) >= 11 is 7.24. The number of rotatable bonds is 5. The monoisotopic (exact) mass is 724 g/mol. The smallest absolute Gasteiger partial charge is 0.232 e. The third-order valence-corrected chi connectivity index (χ3v) is 15.9. The van der Waals surface area contributed by atoms with E-state index in [-0.39, 0.29) is 23.4 Å². The number of anilines is 2. The topological polar surface area (TPSA) is 92.3 Å². The molecule has 44 heavy (non-hydrogen) atoms. The minimum absolute atomic E-state index is 0.106. The van der Waals surface area contributed by atoms with Gasteiger partial charge in [0.25, 0.3) is 0 Å². The van der Waals surface area contributed by atoms with Crippen LogP contribution in [0.25, 0.3) is 11.1 Å². The minimum Gasteiger partial charge on any atom is -0.325 e. The van der Waals surface area contributed by atoms with Gasteiger partial charge < -0.3 is 10.6 Å². The second-order valence-electron chi connectivity index (χ2n) is 15.3. The summed E-state index contributed by atoms with van der Waals surface area (Å²) in [5.41, 5.74) is 1.76. The van der Waals surface area contributed by atoms with Crippen LogP contribution in [0.2, 0.25) is 0 Å². The minimum atomic E-state index is -0.798. The van der Waals surface area contributed by atoms with Crippen molar-refractivity contribution in [3.8, 4) is 11.1 Å². The van der Waals surface area contributed by atoms with Gasteiger partial charge in [-0.2, -0.15) is 0 Å². The van der Waals surface area contributed by atoms with E-state index in [0.29, 0.717) is 12.8 Å². The fourth-order valence-corrected chi connectivity index (χ4v) is 12.4. The zero-order valence-electron chi connectivity index (χ0n) is 26.8. The van der Waals surface area contributed by atoms with Crippen LogP contribution in [0, 0.1) is 46.3 Å². The number of amides is 2. The van der Waals surface area contributed by atoms with Crippen molar-refractivity contribution in [3.63, 3.8) is 0 Å². The number of halogens is 2. The fraction of sp³-hybridized carbons (Fsp3) is 0.556. The fourth-order valence-electron chi connectivity index (χ4n) is 9.34. The molecule has 0 spiro atoms. The lowest BCUT2D eigenvalue weighted by Gasteiger charge is -2.39. The largest absolute Gasteiger partial charge is 0.325 e. The van der Waals surface area contributed by atoms with Gasteiger partial charge in [0.15, 0.2) is 11.6 Å². The number of nitrogens with one attached hydrogen (secondary N) is 2. The third kappa shape index (κ3) is 3.53. The number of aryl methyl sites for hydroxylation is 2. The lowest BCUT2D eigenvalue weighted by molar-refractivity contribution is -0.131. The van der Waals surface area contributed by atoms with Crippen LogP contribution in [0.1, 0.15) is 78.4 Å². The van der Waals surface area contributed by atoms with Gasteiger partial charge in [-0.3, -0.25) is 19.2 Å². The molecule has 6 nitrogen and oxygen atoms in total. The molecule has 6 atom stereocenters. The maximum absolute atomic E-state index is 13.9. The molecule has 0 heterocycles. The number of benzene rings is 2. The summed E-state index contributed by atoms with van der Waals surface area (Å²) in [5.74, 6) is 0.0379. The number of ketones is 2. The van der Waals surface area contributed by atoms with Crippen molar-refractivity contribution in [3.05, 3.63) is 47.5 Å². The van der Waals surface area contributed by atoms with Gasteiger partial charge in [-0.1, -0.05) is 85.5 Å². The molecule has 6 unspecified atom stereocenters. The highest BCUT2D eigenvalue weighted by Gasteiger charge is 2.78. The molecule has 2 N–H and O–H groups in total. The maximum Gasteiger partial charge on any atom is 0.232 e. The Bertz CT molecular complexity index is 1540. The molecular weight excluding hydrogens is 684 g/mol. The van der Waals surface area contributed by atoms with Crippen LogP contribution in [0.5, 0.6) is 0 Å². The number of Topliss-reactive ketones (excluding diaryl/α,β-unsaturated/α-hetero) is 2. The molecule has 4 bridgehead atoms. The molecule has 2 aromatic carbocycles. The van der Waals surface area contributed by atoms with E-state index in [1.165, 1.54) is 0 Å². The van der Waals surface area contributed by atoms with Gasteiger partial charge in [0, 0.05) is 22.2 Å². The van der Waals surface area contributed by atoms with E-state index in [4.69, 9.17) is 0 Å². The number of alkyl halides is 2. The summed E-state index contributed by atoms with van der Waals surface area (Å²) in [6.45, 7) is 16.2. The second kappa shape index (κ2) is 9.60. The predicted molar refractivity (Wildman–Crippen MR) is 181 cm³/mol. The van der Waals surface area contributed by atoms with Crippen molar-refractivity contribution in [1.29, 1.82) is 0 Å². The molecule has 6 rings (SSSR count). The van der Waals surface area contributed by atoms with Crippen molar-refractivity contribution in [2.75, 3.05) is 10.6 Å². The zero-order valence-corrected chi connectivity index (χ0v) is 30.0. The van der Waals surface area contributed by atoms with Crippen molar-refractivity contribution in [2.24, 2.45) is 32.5 Å². The molecule has 4 fully saturated rings. The van der Waals surface area contributed by atoms with Crippen LogP contribution < -0.4 is 10.6 Å². The Morgan fingerprint density at radius 1 is 0.636 bits per heavy atom. The average Bonchev–Trinajstić information content (AvgIpc) is 3.40. The number of hydrogen-bond acceptors (Lipinski definition) is 4. The first-order valence-electron chi connectivity index (χ1n) is 15.5. The summed E-state index contributed by atoms with van der Waals surface area (Å²) in [7, 11) is 0. The molecule has 8 heteroatoms. The Kier molecular flexibility index (Phi) is 6.91. The summed E-state index contributed by atoms with van der Waals surface area (Å²) in [5, 5.41) is 6.35. The first-order valence-corrected chi connectivity index (χ1v) is 17.4. The molecule has 0 aromatic heterocycles. The van der Waals surface area contributed by atoms with Crippen LogP contribution in [-0.4, -0.2) is 33.0 Å². The third-order valence-electron chi connectivity index (χ3n) is 13.5. The normalized spacial score (nSPS) is 36.1. The molecule has 4 aliphatic carbocycles. The van der Waals surface area contributed by atoms with Crippen molar-refractivity contribution in [1.82, 2.24) is 0 Å². The van der Waals surface area contributed by atoms with E-state index in [2.05, 4.69) is 82.3 Å². The van der Waals surface area contributed by atoms with Crippen molar-refractivity contribution >= 4 is 66.6 Å².